The van der Waals surface area contributed by atoms with Crippen LogP contribution in [0.4, 0.5) is 5.69 Å². The second-order valence-electron chi connectivity index (χ2n) is 8.26. The molecule has 1 amide bonds. The summed E-state index contributed by atoms with van der Waals surface area (Å²) >= 11 is 0. The predicted molar refractivity (Wildman–Crippen MR) is 120 cm³/mol. The highest BCUT2D eigenvalue weighted by Gasteiger charge is 2.20. The molecule has 0 heterocycles. The van der Waals surface area contributed by atoms with Crippen LogP contribution in [0, 0.1) is 0 Å². The number of anilines is 1. The summed E-state index contributed by atoms with van der Waals surface area (Å²) in [6.45, 7) is 8.13. The van der Waals surface area contributed by atoms with Crippen molar-refractivity contribution < 1.29 is 14.3 Å². The molecule has 4 heteroatoms. The van der Waals surface area contributed by atoms with Crippen LogP contribution >= 0.6 is 0 Å². The molecule has 0 aliphatic heterocycles. The normalized spacial score (nSPS) is 12.1. The van der Waals surface area contributed by atoms with E-state index in [0.29, 0.717) is 22.6 Å². The molecule has 0 saturated carbocycles. The highest BCUT2D eigenvalue weighted by Crippen LogP contribution is 2.25. The van der Waals surface area contributed by atoms with Crippen molar-refractivity contribution in [1.82, 2.24) is 0 Å². The lowest BCUT2D eigenvalue weighted by Gasteiger charge is -2.20. The molecule has 30 heavy (non-hydrogen) atoms. The fourth-order valence-corrected chi connectivity index (χ4v) is 3.06. The number of para-hydroxylation sites is 1. The molecule has 4 nitrogen and oxygen atoms in total. The van der Waals surface area contributed by atoms with Crippen LogP contribution in [-0.2, 0) is 10.2 Å². The summed E-state index contributed by atoms with van der Waals surface area (Å²) in [6, 6.07) is 23.8. The van der Waals surface area contributed by atoms with Crippen LogP contribution in [0.25, 0.3) is 0 Å². The van der Waals surface area contributed by atoms with E-state index in [4.69, 9.17) is 4.74 Å². The van der Waals surface area contributed by atoms with Crippen molar-refractivity contribution >= 4 is 17.4 Å². The predicted octanol–water partition coefficient (Wildman–Crippen LogP) is 5.62. The van der Waals surface area contributed by atoms with Gasteiger partial charge in [-0.3, -0.25) is 9.59 Å². The van der Waals surface area contributed by atoms with Gasteiger partial charge in [0.1, 0.15) is 5.75 Å². The molecule has 0 spiro atoms. The Hall–Kier alpha value is -3.40. The molecule has 0 aromatic heterocycles. The maximum Gasteiger partial charge on any atom is 0.265 e. The van der Waals surface area contributed by atoms with Crippen LogP contribution in [0.1, 0.15) is 49.2 Å². The van der Waals surface area contributed by atoms with Gasteiger partial charge in [-0.2, -0.15) is 0 Å². The monoisotopic (exact) mass is 401 g/mol. The van der Waals surface area contributed by atoms with Gasteiger partial charge < -0.3 is 10.1 Å². The van der Waals surface area contributed by atoms with E-state index in [1.807, 2.05) is 42.5 Å². The van der Waals surface area contributed by atoms with Crippen LogP contribution < -0.4 is 10.1 Å². The average molecular weight is 402 g/mol. The number of carbonyl (C=O) groups is 2. The van der Waals surface area contributed by atoms with Gasteiger partial charge in [0.25, 0.3) is 5.91 Å². The van der Waals surface area contributed by atoms with E-state index in [-0.39, 0.29) is 17.1 Å². The molecule has 0 saturated heterocycles. The topological polar surface area (TPSA) is 55.4 Å². The van der Waals surface area contributed by atoms with Crippen LogP contribution in [0.15, 0.2) is 78.9 Å². The lowest BCUT2D eigenvalue weighted by Crippen LogP contribution is -2.30. The van der Waals surface area contributed by atoms with Gasteiger partial charge in [-0.1, -0.05) is 75.4 Å². The summed E-state index contributed by atoms with van der Waals surface area (Å²) in [4.78, 5) is 25.5. The van der Waals surface area contributed by atoms with E-state index in [9.17, 15) is 9.59 Å². The molecule has 3 rings (SSSR count). The number of hydrogen-bond donors (Lipinski definition) is 1. The quantitative estimate of drug-likeness (QED) is 0.545. The van der Waals surface area contributed by atoms with Gasteiger partial charge in [0.15, 0.2) is 11.9 Å². The molecule has 0 aliphatic carbocycles. The Kier molecular flexibility index (Phi) is 6.36. The summed E-state index contributed by atoms with van der Waals surface area (Å²) in [5.74, 6) is 0.167. The lowest BCUT2D eigenvalue weighted by atomic mass is 9.87. The van der Waals surface area contributed by atoms with Crippen molar-refractivity contribution in [3.05, 3.63) is 95.6 Å². The van der Waals surface area contributed by atoms with Crippen molar-refractivity contribution in [2.75, 3.05) is 5.32 Å². The van der Waals surface area contributed by atoms with Gasteiger partial charge >= 0.3 is 0 Å². The molecule has 0 radical (unpaired) electrons. The number of carbonyl (C=O) groups excluding carboxylic acids is 2. The minimum atomic E-state index is -0.717. The molecule has 1 atom stereocenters. The van der Waals surface area contributed by atoms with Gasteiger partial charge in [-0.15, -0.1) is 0 Å². The molecule has 1 N–H and O–H groups in total. The van der Waals surface area contributed by atoms with Gasteiger partial charge in [0, 0.05) is 11.1 Å². The zero-order chi connectivity index (χ0) is 21.7. The number of hydrogen-bond acceptors (Lipinski definition) is 3. The Labute approximate surface area is 177 Å². The van der Waals surface area contributed by atoms with Crippen molar-refractivity contribution in [2.24, 2.45) is 0 Å². The van der Waals surface area contributed by atoms with Crippen LogP contribution in [0.2, 0.25) is 0 Å². The Morgan fingerprint density at radius 1 is 0.833 bits per heavy atom. The maximum atomic E-state index is 12.8. The Morgan fingerprint density at radius 3 is 2.07 bits per heavy atom. The first-order chi connectivity index (χ1) is 14.3. The fourth-order valence-electron chi connectivity index (χ4n) is 3.06. The van der Waals surface area contributed by atoms with Crippen molar-refractivity contribution in [3.8, 4) is 5.75 Å². The molecule has 0 bridgehead atoms. The van der Waals surface area contributed by atoms with Crippen LogP contribution in [0.5, 0.6) is 5.75 Å². The SMILES string of the molecule is CC(Oc1ccc(C(C)(C)C)cc1)C(=O)Nc1ccccc1C(=O)c1ccccc1. The van der Waals surface area contributed by atoms with E-state index in [1.165, 1.54) is 5.56 Å². The summed E-state index contributed by atoms with van der Waals surface area (Å²) in [7, 11) is 0. The minimum Gasteiger partial charge on any atom is -0.481 e. The third-order valence-corrected chi connectivity index (χ3v) is 4.87. The van der Waals surface area contributed by atoms with Crippen LogP contribution in [-0.4, -0.2) is 17.8 Å². The average Bonchev–Trinajstić information content (AvgIpc) is 2.74. The van der Waals surface area contributed by atoms with E-state index >= 15 is 0 Å². The Balaban J connectivity index is 1.71. The van der Waals surface area contributed by atoms with Crippen LogP contribution in [0.3, 0.4) is 0 Å². The summed E-state index contributed by atoms with van der Waals surface area (Å²) in [5, 5.41) is 2.83. The number of ketones is 1. The number of amides is 1. The zero-order valence-corrected chi connectivity index (χ0v) is 17.8. The van der Waals surface area contributed by atoms with Crippen molar-refractivity contribution in [2.45, 2.75) is 39.2 Å². The molecular formula is C26H27NO3. The van der Waals surface area contributed by atoms with E-state index in [1.54, 1.807) is 43.3 Å². The number of nitrogens with one attached hydrogen (secondary N) is 1. The van der Waals surface area contributed by atoms with E-state index in [0.717, 1.165) is 0 Å². The van der Waals surface area contributed by atoms with Gasteiger partial charge in [-0.05, 0) is 42.2 Å². The highest BCUT2D eigenvalue weighted by atomic mass is 16.5. The highest BCUT2D eigenvalue weighted by molar-refractivity contribution is 6.14. The number of rotatable bonds is 6. The second-order valence-corrected chi connectivity index (χ2v) is 8.26. The Bertz CT molecular complexity index is 1020. The molecule has 3 aromatic carbocycles. The minimum absolute atomic E-state index is 0.0521. The summed E-state index contributed by atoms with van der Waals surface area (Å²) < 4.78 is 5.80. The first-order valence-corrected chi connectivity index (χ1v) is 10.0. The fraction of sp³-hybridized carbons (Fsp3) is 0.231. The molecule has 0 fully saturated rings. The first kappa shape index (κ1) is 21.3. The van der Waals surface area contributed by atoms with Crippen molar-refractivity contribution in [3.63, 3.8) is 0 Å². The first-order valence-electron chi connectivity index (χ1n) is 10.0. The van der Waals surface area contributed by atoms with E-state index < -0.39 is 6.10 Å². The molecule has 1 unspecified atom stereocenters. The summed E-state index contributed by atoms with van der Waals surface area (Å²) in [5.41, 5.74) is 2.73. The van der Waals surface area contributed by atoms with Crippen molar-refractivity contribution in [1.29, 1.82) is 0 Å². The Morgan fingerprint density at radius 2 is 1.43 bits per heavy atom. The third kappa shape index (κ3) is 5.15. The van der Waals surface area contributed by atoms with Gasteiger partial charge in [-0.25, -0.2) is 0 Å². The molecule has 0 aliphatic rings. The zero-order valence-electron chi connectivity index (χ0n) is 17.8. The summed E-state index contributed by atoms with van der Waals surface area (Å²) in [6.07, 6.45) is -0.717. The number of ether oxygens (including phenoxy) is 1. The van der Waals surface area contributed by atoms with Gasteiger partial charge in [0.2, 0.25) is 0 Å². The number of benzene rings is 3. The van der Waals surface area contributed by atoms with E-state index in [2.05, 4.69) is 26.1 Å². The van der Waals surface area contributed by atoms with Gasteiger partial charge in [0.05, 0.1) is 5.69 Å². The molecule has 154 valence electrons. The standard InChI is InChI=1S/C26H27NO3/c1-18(30-21-16-14-20(15-17-21)26(2,3)4)25(29)27-23-13-9-8-12-22(23)24(28)19-10-6-5-7-11-19/h5-18H,1-4H3,(H,27,29). The smallest absolute Gasteiger partial charge is 0.265 e. The molecule has 3 aromatic rings. The molecular weight excluding hydrogens is 374 g/mol. The largest absolute Gasteiger partial charge is 0.481 e. The maximum absolute atomic E-state index is 12.8. The lowest BCUT2D eigenvalue weighted by molar-refractivity contribution is -0.122. The second kappa shape index (κ2) is 8.95. The third-order valence-electron chi connectivity index (χ3n) is 4.87.